The Morgan fingerprint density at radius 2 is 1.93 bits per heavy atom. The third-order valence-electron chi connectivity index (χ3n) is 4.38. The van der Waals surface area contributed by atoms with Crippen molar-refractivity contribution in [1.82, 2.24) is 9.55 Å². The van der Waals surface area contributed by atoms with Gasteiger partial charge in [-0.05, 0) is 43.0 Å². The van der Waals surface area contributed by atoms with E-state index >= 15 is 0 Å². The zero-order chi connectivity index (χ0) is 19.6. The monoisotopic (exact) mass is 386 g/mol. The van der Waals surface area contributed by atoms with Crippen LogP contribution in [-0.4, -0.2) is 15.8 Å². The Morgan fingerprint density at radius 3 is 2.52 bits per heavy atom. The van der Waals surface area contributed by atoms with Crippen molar-refractivity contribution < 1.29 is 8.78 Å². The van der Waals surface area contributed by atoms with E-state index < -0.39 is 11.6 Å². The van der Waals surface area contributed by atoms with E-state index in [9.17, 15) is 8.78 Å². The van der Waals surface area contributed by atoms with Gasteiger partial charge >= 0.3 is 0 Å². The second-order valence-corrected chi connectivity index (χ2v) is 6.76. The first kappa shape index (κ1) is 19.0. The minimum absolute atomic E-state index is 0.158. The molecule has 2 aromatic carbocycles. The summed E-state index contributed by atoms with van der Waals surface area (Å²) in [5.74, 6) is -0.528. The molecule has 3 aromatic rings. The number of nitrogens with two attached hydrogens (primary N) is 2. The van der Waals surface area contributed by atoms with E-state index in [2.05, 4.69) is 4.98 Å². The summed E-state index contributed by atoms with van der Waals surface area (Å²) < 4.78 is 30.7. The van der Waals surface area contributed by atoms with Gasteiger partial charge in [0, 0.05) is 34.3 Å². The smallest absolute Gasteiger partial charge is 0.132 e. The molecular formula is C20H20F2N4S. The predicted octanol–water partition coefficient (Wildman–Crippen LogP) is 4.50. The molecule has 0 aliphatic carbocycles. The van der Waals surface area contributed by atoms with Gasteiger partial charge in [0.1, 0.15) is 23.1 Å². The van der Waals surface area contributed by atoms with Crippen molar-refractivity contribution >= 4 is 23.2 Å². The topological polar surface area (TPSA) is 69.9 Å². The SMILES string of the molecule is CCn1cnc(/C(=C\N)c2ccc(F)c(-c3ccc(SC)cc3F)c2)c1N. The molecule has 4 N–H and O–H groups in total. The van der Waals surface area contributed by atoms with Gasteiger partial charge < -0.3 is 16.0 Å². The number of anilines is 1. The fraction of sp³-hybridized carbons (Fsp3) is 0.150. The maximum Gasteiger partial charge on any atom is 0.132 e. The Morgan fingerprint density at radius 1 is 1.15 bits per heavy atom. The molecule has 4 nitrogen and oxygen atoms in total. The van der Waals surface area contributed by atoms with Crippen molar-refractivity contribution in [2.45, 2.75) is 18.4 Å². The summed E-state index contributed by atoms with van der Waals surface area (Å²) >= 11 is 1.42. The van der Waals surface area contributed by atoms with Crippen LogP contribution < -0.4 is 11.5 Å². The molecule has 0 aliphatic heterocycles. The van der Waals surface area contributed by atoms with Crippen LogP contribution in [0, 0.1) is 11.6 Å². The van der Waals surface area contributed by atoms with E-state index in [4.69, 9.17) is 11.5 Å². The molecule has 0 spiro atoms. The highest BCUT2D eigenvalue weighted by Gasteiger charge is 2.17. The number of aryl methyl sites for hydroxylation is 1. The number of thioether (sulfide) groups is 1. The van der Waals surface area contributed by atoms with Crippen molar-refractivity contribution in [3.05, 3.63) is 71.8 Å². The Balaban J connectivity index is 2.10. The van der Waals surface area contributed by atoms with Gasteiger partial charge in [0.15, 0.2) is 0 Å². The summed E-state index contributed by atoms with van der Waals surface area (Å²) in [5.41, 5.74) is 14.0. The van der Waals surface area contributed by atoms with Crippen LogP contribution in [0.1, 0.15) is 18.2 Å². The van der Waals surface area contributed by atoms with Crippen LogP contribution in [0.5, 0.6) is 0 Å². The van der Waals surface area contributed by atoms with E-state index in [0.717, 1.165) is 4.90 Å². The molecule has 3 rings (SSSR count). The zero-order valence-electron chi connectivity index (χ0n) is 15.0. The van der Waals surface area contributed by atoms with Crippen LogP contribution in [0.4, 0.5) is 14.6 Å². The van der Waals surface area contributed by atoms with Gasteiger partial charge in [0.05, 0.1) is 6.33 Å². The van der Waals surface area contributed by atoms with E-state index in [1.54, 1.807) is 35.2 Å². The van der Waals surface area contributed by atoms with Crippen LogP contribution in [0.2, 0.25) is 0 Å². The fourth-order valence-electron chi connectivity index (χ4n) is 2.90. The van der Waals surface area contributed by atoms with Crippen LogP contribution in [0.25, 0.3) is 16.7 Å². The van der Waals surface area contributed by atoms with E-state index in [1.807, 2.05) is 13.2 Å². The lowest BCUT2D eigenvalue weighted by molar-refractivity contribution is 0.614. The molecule has 0 aliphatic rings. The fourth-order valence-corrected chi connectivity index (χ4v) is 3.33. The van der Waals surface area contributed by atoms with Gasteiger partial charge in [0.2, 0.25) is 0 Å². The Labute approximate surface area is 160 Å². The quantitative estimate of drug-likeness (QED) is 0.634. The normalized spacial score (nSPS) is 11.8. The first-order valence-electron chi connectivity index (χ1n) is 8.36. The van der Waals surface area contributed by atoms with Crippen molar-refractivity contribution in [1.29, 1.82) is 0 Å². The van der Waals surface area contributed by atoms with E-state index in [1.165, 1.54) is 30.1 Å². The first-order valence-corrected chi connectivity index (χ1v) is 9.59. The second-order valence-electron chi connectivity index (χ2n) is 5.89. The molecule has 7 heteroatoms. The van der Waals surface area contributed by atoms with Crippen LogP contribution in [0.3, 0.4) is 0 Å². The van der Waals surface area contributed by atoms with Gasteiger partial charge in [-0.3, -0.25) is 0 Å². The lowest BCUT2D eigenvalue weighted by atomic mass is 9.97. The Kier molecular flexibility index (Phi) is 5.51. The summed E-state index contributed by atoms with van der Waals surface area (Å²) in [4.78, 5) is 5.09. The molecule has 0 fully saturated rings. The van der Waals surface area contributed by atoms with E-state index in [0.29, 0.717) is 29.2 Å². The minimum Gasteiger partial charge on any atom is -0.404 e. The van der Waals surface area contributed by atoms with Crippen molar-refractivity contribution in [2.24, 2.45) is 5.73 Å². The number of rotatable bonds is 5. The number of nitrogen functional groups attached to an aromatic ring is 1. The van der Waals surface area contributed by atoms with Gasteiger partial charge in [0.25, 0.3) is 0 Å². The minimum atomic E-state index is -0.516. The molecule has 27 heavy (non-hydrogen) atoms. The van der Waals surface area contributed by atoms with Gasteiger partial charge in [-0.2, -0.15) is 0 Å². The molecule has 0 bridgehead atoms. The molecule has 0 saturated carbocycles. The molecule has 0 unspecified atom stereocenters. The number of hydrogen-bond acceptors (Lipinski definition) is 4. The molecule has 140 valence electrons. The van der Waals surface area contributed by atoms with Gasteiger partial charge in [-0.15, -0.1) is 11.8 Å². The molecule has 0 saturated heterocycles. The highest BCUT2D eigenvalue weighted by Crippen LogP contribution is 2.33. The van der Waals surface area contributed by atoms with Gasteiger partial charge in [-0.25, -0.2) is 13.8 Å². The summed E-state index contributed by atoms with van der Waals surface area (Å²) in [6, 6.07) is 9.17. The highest BCUT2D eigenvalue weighted by molar-refractivity contribution is 7.98. The lowest BCUT2D eigenvalue weighted by Crippen LogP contribution is -2.03. The predicted molar refractivity (Wildman–Crippen MR) is 107 cm³/mol. The summed E-state index contributed by atoms with van der Waals surface area (Å²) in [5, 5.41) is 0. The molecule has 1 aromatic heterocycles. The average molecular weight is 386 g/mol. The number of hydrogen-bond donors (Lipinski definition) is 2. The number of benzene rings is 2. The lowest BCUT2D eigenvalue weighted by Gasteiger charge is -2.11. The molecule has 0 amide bonds. The third kappa shape index (κ3) is 3.55. The van der Waals surface area contributed by atoms with Crippen molar-refractivity contribution in [2.75, 3.05) is 12.0 Å². The number of halogens is 2. The maximum absolute atomic E-state index is 14.5. The zero-order valence-corrected chi connectivity index (χ0v) is 15.9. The summed E-state index contributed by atoms with van der Waals surface area (Å²) in [7, 11) is 0. The number of nitrogens with zero attached hydrogens (tertiary/aromatic N) is 2. The highest BCUT2D eigenvalue weighted by atomic mass is 32.2. The maximum atomic E-state index is 14.5. The van der Waals surface area contributed by atoms with Crippen LogP contribution in [0.15, 0.2) is 53.8 Å². The Hall–Kier alpha value is -2.80. The molecular weight excluding hydrogens is 366 g/mol. The Bertz CT molecular complexity index is 1010. The van der Waals surface area contributed by atoms with E-state index in [-0.39, 0.29) is 11.1 Å². The second kappa shape index (κ2) is 7.84. The average Bonchev–Trinajstić information content (AvgIpc) is 3.04. The first-order chi connectivity index (χ1) is 13.0. The summed E-state index contributed by atoms with van der Waals surface area (Å²) in [6.07, 6.45) is 4.86. The van der Waals surface area contributed by atoms with Crippen molar-refractivity contribution in [3.63, 3.8) is 0 Å². The van der Waals surface area contributed by atoms with Crippen molar-refractivity contribution in [3.8, 4) is 11.1 Å². The van der Waals surface area contributed by atoms with Crippen LogP contribution >= 0.6 is 11.8 Å². The molecule has 0 atom stereocenters. The number of imidazole rings is 1. The standard InChI is InChI=1S/C20H20F2N4S/c1-3-26-11-25-19(20(26)24)16(10-23)12-4-7-17(21)15(8-12)14-6-5-13(27-2)9-18(14)22/h4-11H,3,23-24H2,1-2H3/b16-10-. The third-order valence-corrected chi connectivity index (χ3v) is 5.11. The van der Waals surface area contributed by atoms with Gasteiger partial charge in [-0.1, -0.05) is 12.1 Å². The largest absolute Gasteiger partial charge is 0.404 e. The summed E-state index contributed by atoms with van der Waals surface area (Å²) in [6.45, 7) is 2.61. The number of aromatic nitrogens is 2. The molecule has 0 radical (unpaired) electrons. The molecule has 1 heterocycles. The van der Waals surface area contributed by atoms with Crippen LogP contribution in [-0.2, 0) is 6.54 Å².